The minimum atomic E-state index is -2.98. The summed E-state index contributed by atoms with van der Waals surface area (Å²) in [5, 5.41) is 8.71. The van der Waals surface area contributed by atoms with Crippen molar-refractivity contribution >= 4 is 15.7 Å². The van der Waals surface area contributed by atoms with Gasteiger partial charge in [0.15, 0.2) is 0 Å². The number of hydrogen-bond donors (Lipinski definition) is 0. The Hall–Kier alpha value is -1.61. The number of rotatable bonds is 4. The maximum absolute atomic E-state index is 11.0. The smallest absolute Gasteiger partial charge is 0.149 e. The van der Waals surface area contributed by atoms with Crippen molar-refractivity contribution in [2.45, 2.75) is 0 Å². The third kappa shape index (κ3) is 3.87. The molecule has 0 bridgehead atoms. The van der Waals surface area contributed by atoms with E-state index in [-0.39, 0.29) is 5.75 Å². The molecule has 0 aliphatic heterocycles. The Morgan fingerprint density at radius 1 is 1.56 bits per heavy atom. The van der Waals surface area contributed by atoms with Gasteiger partial charge in [-0.25, -0.2) is 13.4 Å². The fourth-order valence-electron chi connectivity index (χ4n) is 1.11. The molecule has 0 atom stereocenters. The molecule has 0 saturated heterocycles. The molecule has 16 heavy (non-hydrogen) atoms. The fourth-order valence-corrected chi connectivity index (χ4v) is 1.72. The highest BCUT2D eigenvalue weighted by Gasteiger charge is 2.07. The van der Waals surface area contributed by atoms with Gasteiger partial charge in [-0.2, -0.15) is 5.26 Å². The van der Waals surface area contributed by atoms with Gasteiger partial charge in [-0.15, -0.1) is 0 Å². The highest BCUT2D eigenvalue weighted by Crippen LogP contribution is 2.10. The Morgan fingerprint density at radius 3 is 2.81 bits per heavy atom. The average molecular weight is 239 g/mol. The van der Waals surface area contributed by atoms with Crippen LogP contribution < -0.4 is 4.90 Å². The van der Waals surface area contributed by atoms with Crippen LogP contribution in [0.25, 0.3) is 0 Å². The van der Waals surface area contributed by atoms with Crippen molar-refractivity contribution < 1.29 is 8.42 Å². The lowest BCUT2D eigenvalue weighted by atomic mass is 10.3. The zero-order valence-electron chi connectivity index (χ0n) is 9.21. The van der Waals surface area contributed by atoms with E-state index in [1.54, 1.807) is 24.1 Å². The molecule has 1 rings (SSSR count). The molecule has 0 aromatic carbocycles. The van der Waals surface area contributed by atoms with Crippen molar-refractivity contribution in [1.82, 2.24) is 4.98 Å². The van der Waals surface area contributed by atoms with Gasteiger partial charge >= 0.3 is 0 Å². The number of pyridine rings is 1. The van der Waals surface area contributed by atoms with Crippen LogP contribution in [0.3, 0.4) is 0 Å². The van der Waals surface area contributed by atoms with E-state index in [0.29, 0.717) is 17.9 Å². The van der Waals surface area contributed by atoms with Gasteiger partial charge in [0.2, 0.25) is 0 Å². The van der Waals surface area contributed by atoms with Crippen molar-refractivity contribution in [2.24, 2.45) is 0 Å². The molecule has 6 heteroatoms. The molecule has 0 aliphatic carbocycles. The lowest BCUT2D eigenvalue weighted by Gasteiger charge is -2.17. The van der Waals surface area contributed by atoms with E-state index in [0.717, 1.165) is 0 Å². The van der Waals surface area contributed by atoms with Crippen LogP contribution in [0.4, 0.5) is 5.82 Å². The summed E-state index contributed by atoms with van der Waals surface area (Å²) in [5.41, 5.74) is 0.510. The average Bonchev–Trinajstić information content (AvgIpc) is 2.25. The number of anilines is 1. The van der Waals surface area contributed by atoms with Crippen molar-refractivity contribution in [3.63, 3.8) is 0 Å². The van der Waals surface area contributed by atoms with Gasteiger partial charge in [0, 0.05) is 26.0 Å². The van der Waals surface area contributed by atoms with Crippen LogP contribution in [-0.2, 0) is 9.84 Å². The predicted molar refractivity (Wildman–Crippen MR) is 61.9 cm³/mol. The van der Waals surface area contributed by atoms with E-state index in [9.17, 15) is 8.42 Å². The molecular formula is C10H13N3O2S. The lowest BCUT2D eigenvalue weighted by molar-refractivity contribution is 0.601. The first-order chi connectivity index (χ1) is 7.42. The van der Waals surface area contributed by atoms with E-state index in [1.165, 1.54) is 12.5 Å². The third-order valence-electron chi connectivity index (χ3n) is 2.06. The number of aromatic nitrogens is 1. The molecule has 0 amide bonds. The van der Waals surface area contributed by atoms with Gasteiger partial charge < -0.3 is 4.90 Å². The van der Waals surface area contributed by atoms with Crippen molar-refractivity contribution in [3.05, 3.63) is 23.9 Å². The van der Waals surface area contributed by atoms with Gasteiger partial charge in [-0.1, -0.05) is 0 Å². The zero-order valence-corrected chi connectivity index (χ0v) is 10.0. The second kappa shape index (κ2) is 4.94. The van der Waals surface area contributed by atoms with E-state index >= 15 is 0 Å². The van der Waals surface area contributed by atoms with Gasteiger partial charge in [-0.05, 0) is 12.1 Å². The summed E-state index contributed by atoms with van der Waals surface area (Å²) in [6, 6.07) is 5.24. The fraction of sp³-hybridized carbons (Fsp3) is 0.400. The van der Waals surface area contributed by atoms with Gasteiger partial charge in [-0.3, -0.25) is 0 Å². The van der Waals surface area contributed by atoms with Gasteiger partial charge in [0.1, 0.15) is 15.7 Å². The van der Waals surface area contributed by atoms with Crippen molar-refractivity contribution in [2.75, 3.05) is 30.5 Å². The third-order valence-corrected chi connectivity index (χ3v) is 2.99. The normalized spacial score (nSPS) is 10.8. The van der Waals surface area contributed by atoms with Crippen LogP contribution in [0.5, 0.6) is 0 Å². The van der Waals surface area contributed by atoms with Gasteiger partial charge in [0.25, 0.3) is 0 Å². The van der Waals surface area contributed by atoms with Gasteiger partial charge in [0.05, 0.1) is 17.4 Å². The second-order valence-electron chi connectivity index (χ2n) is 3.57. The Labute approximate surface area is 95.3 Å². The van der Waals surface area contributed by atoms with E-state index in [1.807, 2.05) is 6.07 Å². The number of nitriles is 1. The first kappa shape index (κ1) is 12.5. The predicted octanol–water partition coefficient (Wildman–Crippen LogP) is 0.434. The first-order valence-corrected chi connectivity index (χ1v) is 6.73. The van der Waals surface area contributed by atoms with Crippen molar-refractivity contribution in [1.29, 1.82) is 5.26 Å². The van der Waals surface area contributed by atoms with Crippen LogP contribution in [0.1, 0.15) is 5.56 Å². The molecule has 86 valence electrons. The van der Waals surface area contributed by atoms with Crippen LogP contribution in [0, 0.1) is 11.3 Å². The first-order valence-electron chi connectivity index (χ1n) is 4.67. The molecule has 0 radical (unpaired) electrons. The number of hydrogen-bond acceptors (Lipinski definition) is 5. The maximum Gasteiger partial charge on any atom is 0.149 e. The summed E-state index contributed by atoms with van der Waals surface area (Å²) < 4.78 is 22.0. The Bertz CT molecular complexity index is 505. The molecule has 0 N–H and O–H groups in total. The van der Waals surface area contributed by atoms with Crippen LogP contribution >= 0.6 is 0 Å². The zero-order chi connectivity index (χ0) is 12.2. The molecule has 0 spiro atoms. The monoisotopic (exact) mass is 239 g/mol. The SMILES string of the molecule is CN(CCS(C)(=O)=O)c1cc(C#N)ccn1. The molecule has 1 aromatic rings. The summed E-state index contributed by atoms with van der Waals surface area (Å²) in [5.74, 6) is 0.671. The van der Waals surface area contributed by atoms with Crippen molar-refractivity contribution in [3.8, 4) is 6.07 Å². The molecule has 0 aliphatic rings. The standard InChI is InChI=1S/C10H13N3O2S/c1-13(5-6-16(2,14)15)10-7-9(8-11)3-4-12-10/h3-4,7H,5-6H2,1-2H3. The van der Waals surface area contributed by atoms with Crippen LogP contribution in [0.2, 0.25) is 0 Å². The minimum Gasteiger partial charge on any atom is -0.359 e. The highest BCUT2D eigenvalue weighted by atomic mass is 32.2. The Morgan fingerprint density at radius 2 is 2.25 bits per heavy atom. The molecule has 1 aromatic heterocycles. The van der Waals surface area contributed by atoms with Crippen LogP contribution in [0.15, 0.2) is 18.3 Å². The summed E-state index contributed by atoms with van der Waals surface area (Å²) >= 11 is 0. The quantitative estimate of drug-likeness (QED) is 0.762. The largest absolute Gasteiger partial charge is 0.359 e. The molecule has 5 nitrogen and oxygen atoms in total. The van der Waals surface area contributed by atoms with E-state index in [2.05, 4.69) is 4.98 Å². The Kier molecular flexibility index (Phi) is 3.85. The Balaban J connectivity index is 2.74. The second-order valence-corrected chi connectivity index (χ2v) is 5.83. The minimum absolute atomic E-state index is 0.0714. The molecular weight excluding hydrogens is 226 g/mol. The number of nitrogens with zero attached hydrogens (tertiary/aromatic N) is 3. The highest BCUT2D eigenvalue weighted by molar-refractivity contribution is 7.90. The maximum atomic E-state index is 11.0. The van der Waals surface area contributed by atoms with Crippen LogP contribution in [-0.4, -0.2) is 39.0 Å². The summed E-state index contributed by atoms with van der Waals surface area (Å²) in [6.45, 7) is 0.362. The lowest BCUT2D eigenvalue weighted by Crippen LogP contribution is -2.25. The van der Waals surface area contributed by atoms with E-state index < -0.39 is 9.84 Å². The summed E-state index contributed by atoms with van der Waals surface area (Å²) in [7, 11) is -1.23. The summed E-state index contributed by atoms with van der Waals surface area (Å²) in [4.78, 5) is 5.78. The topological polar surface area (TPSA) is 74.1 Å². The molecule has 1 heterocycles. The summed E-state index contributed by atoms with van der Waals surface area (Å²) in [6.07, 6.45) is 2.73. The molecule has 0 unspecified atom stereocenters. The van der Waals surface area contributed by atoms with E-state index in [4.69, 9.17) is 5.26 Å². The molecule has 0 fully saturated rings. The molecule has 0 saturated carbocycles. The number of sulfone groups is 1.